The molecule has 1 amide bonds. The molecule has 0 radical (unpaired) electrons. The Bertz CT molecular complexity index is 1140. The van der Waals surface area contributed by atoms with E-state index in [1.165, 1.54) is 5.56 Å². The molecular formula is C23H24N4O3S. The van der Waals surface area contributed by atoms with Gasteiger partial charge in [0.05, 0.1) is 10.2 Å². The van der Waals surface area contributed by atoms with E-state index >= 15 is 0 Å². The standard InChI is InChI=1S/C23H24N4O3S/c28-22(24-17-3-4-17)16-2-5-18-21(12-16)31-23(25-18)27-9-7-26(8-10-27)13-15-1-6-19-20(11-15)30-14-29-19/h1-2,5-6,11-12,17H,3-4,7-10,13-14H2,(H,24,28). The van der Waals surface area contributed by atoms with Crippen LogP contribution in [-0.2, 0) is 6.54 Å². The lowest BCUT2D eigenvalue weighted by Crippen LogP contribution is -2.45. The number of hydrogen-bond acceptors (Lipinski definition) is 7. The number of benzene rings is 2. The average molecular weight is 437 g/mol. The normalized spacial score (nSPS) is 18.5. The minimum atomic E-state index is 0.0245. The zero-order valence-electron chi connectivity index (χ0n) is 17.2. The Morgan fingerprint density at radius 2 is 1.90 bits per heavy atom. The Balaban J connectivity index is 1.10. The fourth-order valence-corrected chi connectivity index (χ4v) is 5.14. The van der Waals surface area contributed by atoms with Crippen LogP contribution in [-0.4, -0.2) is 54.8 Å². The Morgan fingerprint density at radius 3 is 2.74 bits per heavy atom. The first-order valence-electron chi connectivity index (χ1n) is 10.8. The van der Waals surface area contributed by atoms with Crippen molar-refractivity contribution in [2.45, 2.75) is 25.4 Å². The minimum Gasteiger partial charge on any atom is -0.454 e. The van der Waals surface area contributed by atoms with E-state index in [1.807, 2.05) is 24.3 Å². The molecule has 3 aliphatic rings. The van der Waals surface area contributed by atoms with Gasteiger partial charge in [-0.3, -0.25) is 9.69 Å². The lowest BCUT2D eigenvalue weighted by molar-refractivity contribution is 0.0951. The summed E-state index contributed by atoms with van der Waals surface area (Å²) in [4.78, 5) is 22.0. The second kappa shape index (κ2) is 7.69. The van der Waals surface area contributed by atoms with Crippen molar-refractivity contribution in [3.8, 4) is 11.5 Å². The van der Waals surface area contributed by atoms with Gasteiger partial charge in [-0.1, -0.05) is 17.4 Å². The molecule has 0 atom stereocenters. The summed E-state index contributed by atoms with van der Waals surface area (Å²) in [5.74, 6) is 1.70. The van der Waals surface area contributed by atoms with Crippen molar-refractivity contribution in [2.75, 3.05) is 37.9 Å². The predicted molar refractivity (Wildman–Crippen MR) is 120 cm³/mol. The number of amides is 1. The van der Waals surface area contributed by atoms with E-state index in [0.29, 0.717) is 12.8 Å². The number of thiazole rings is 1. The van der Waals surface area contributed by atoms with Gasteiger partial charge >= 0.3 is 0 Å². The zero-order chi connectivity index (χ0) is 20.8. The van der Waals surface area contributed by atoms with E-state index < -0.39 is 0 Å². The fraction of sp³-hybridized carbons (Fsp3) is 0.391. The molecule has 2 aliphatic heterocycles. The maximum Gasteiger partial charge on any atom is 0.251 e. The van der Waals surface area contributed by atoms with Crippen LogP contribution in [0.25, 0.3) is 10.2 Å². The highest BCUT2D eigenvalue weighted by atomic mass is 32.1. The van der Waals surface area contributed by atoms with Crippen molar-refractivity contribution in [2.24, 2.45) is 0 Å². The molecule has 1 saturated carbocycles. The van der Waals surface area contributed by atoms with E-state index in [-0.39, 0.29) is 5.91 Å². The number of anilines is 1. The van der Waals surface area contributed by atoms with Crippen molar-refractivity contribution in [1.82, 2.24) is 15.2 Å². The molecule has 1 aliphatic carbocycles. The van der Waals surface area contributed by atoms with E-state index in [0.717, 1.165) is 78.0 Å². The highest BCUT2D eigenvalue weighted by Crippen LogP contribution is 2.33. The molecule has 6 rings (SSSR count). The number of ether oxygens (including phenoxy) is 2. The average Bonchev–Trinajstić information content (AvgIpc) is 3.31. The van der Waals surface area contributed by atoms with Crippen molar-refractivity contribution < 1.29 is 14.3 Å². The van der Waals surface area contributed by atoms with Gasteiger partial charge in [-0.25, -0.2) is 4.98 Å². The molecule has 1 aromatic heterocycles. The van der Waals surface area contributed by atoms with Crippen molar-refractivity contribution in [3.63, 3.8) is 0 Å². The molecule has 2 aromatic carbocycles. The maximum atomic E-state index is 12.3. The number of aromatic nitrogens is 1. The third-order valence-electron chi connectivity index (χ3n) is 6.04. The van der Waals surface area contributed by atoms with Crippen LogP contribution in [0, 0.1) is 0 Å². The fourth-order valence-electron chi connectivity index (χ4n) is 4.08. The lowest BCUT2D eigenvalue weighted by Gasteiger charge is -2.34. The van der Waals surface area contributed by atoms with E-state index in [4.69, 9.17) is 14.5 Å². The van der Waals surface area contributed by atoms with Crippen LogP contribution in [0.2, 0.25) is 0 Å². The van der Waals surface area contributed by atoms with Crippen LogP contribution in [0.3, 0.4) is 0 Å². The summed E-state index contributed by atoms with van der Waals surface area (Å²) in [6.45, 7) is 5.08. The molecule has 2 fully saturated rings. The smallest absolute Gasteiger partial charge is 0.251 e. The van der Waals surface area contributed by atoms with Crippen LogP contribution in [0.5, 0.6) is 11.5 Å². The summed E-state index contributed by atoms with van der Waals surface area (Å²) < 4.78 is 12.0. The van der Waals surface area contributed by atoms with Gasteiger partial charge < -0.3 is 19.7 Å². The summed E-state index contributed by atoms with van der Waals surface area (Å²) in [5.41, 5.74) is 2.93. The molecule has 160 valence electrons. The van der Waals surface area contributed by atoms with Crippen LogP contribution in [0.15, 0.2) is 36.4 Å². The molecule has 1 N–H and O–H groups in total. The number of carbonyl (C=O) groups excluding carboxylic acids is 1. The second-order valence-corrected chi connectivity index (χ2v) is 9.39. The molecule has 31 heavy (non-hydrogen) atoms. The van der Waals surface area contributed by atoms with Gasteiger partial charge in [0.15, 0.2) is 16.6 Å². The molecule has 7 nitrogen and oxygen atoms in total. The Labute approximate surface area is 184 Å². The van der Waals surface area contributed by atoms with E-state index in [9.17, 15) is 4.79 Å². The SMILES string of the molecule is O=C(NC1CC1)c1ccc2nc(N3CCN(Cc4ccc5c(c4)OCO5)CC3)sc2c1. The summed E-state index contributed by atoms with van der Waals surface area (Å²) in [7, 11) is 0. The monoisotopic (exact) mass is 436 g/mol. The predicted octanol–water partition coefficient (Wildman–Crippen LogP) is 3.24. The number of piperazine rings is 1. The second-order valence-electron chi connectivity index (χ2n) is 8.38. The van der Waals surface area contributed by atoms with Gasteiger partial charge in [0.2, 0.25) is 6.79 Å². The number of nitrogens with zero attached hydrogens (tertiary/aromatic N) is 3. The van der Waals surface area contributed by atoms with Gasteiger partial charge in [-0.15, -0.1) is 0 Å². The van der Waals surface area contributed by atoms with Crippen molar-refractivity contribution in [1.29, 1.82) is 0 Å². The third-order valence-corrected chi connectivity index (χ3v) is 7.12. The number of fused-ring (bicyclic) bond motifs is 2. The van der Waals surface area contributed by atoms with E-state index in [1.54, 1.807) is 11.3 Å². The number of carbonyl (C=O) groups is 1. The van der Waals surface area contributed by atoms with Crippen LogP contribution < -0.4 is 19.7 Å². The van der Waals surface area contributed by atoms with Gasteiger partial charge in [0, 0.05) is 44.3 Å². The Kier molecular flexibility index (Phi) is 4.69. The first-order valence-corrected chi connectivity index (χ1v) is 11.6. The Hall–Kier alpha value is -2.84. The van der Waals surface area contributed by atoms with E-state index in [2.05, 4.69) is 27.2 Å². The van der Waals surface area contributed by atoms with Gasteiger partial charge in [-0.2, -0.15) is 0 Å². The molecular weight excluding hydrogens is 412 g/mol. The maximum absolute atomic E-state index is 12.3. The summed E-state index contributed by atoms with van der Waals surface area (Å²) >= 11 is 1.67. The lowest BCUT2D eigenvalue weighted by atomic mass is 10.1. The molecule has 8 heteroatoms. The minimum absolute atomic E-state index is 0.0245. The highest BCUT2D eigenvalue weighted by Gasteiger charge is 2.25. The van der Waals surface area contributed by atoms with Gasteiger partial charge in [-0.05, 0) is 48.7 Å². The molecule has 3 heterocycles. The summed E-state index contributed by atoms with van der Waals surface area (Å²) in [6.07, 6.45) is 2.19. The molecule has 3 aromatic rings. The van der Waals surface area contributed by atoms with Crippen molar-refractivity contribution in [3.05, 3.63) is 47.5 Å². The first-order chi connectivity index (χ1) is 15.2. The molecule has 0 spiro atoms. The number of hydrogen-bond donors (Lipinski definition) is 1. The molecule has 0 bridgehead atoms. The van der Waals surface area contributed by atoms with Crippen LogP contribution in [0.4, 0.5) is 5.13 Å². The number of nitrogens with one attached hydrogen (secondary N) is 1. The largest absolute Gasteiger partial charge is 0.454 e. The summed E-state index contributed by atoms with van der Waals surface area (Å²) in [5, 5.41) is 4.10. The Morgan fingerprint density at radius 1 is 1.06 bits per heavy atom. The molecule has 1 saturated heterocycles. The van der Waals surface area contributed by atoms with Gasteiger partial charge in [0.1, 0.15) is 0 Å². The third kappa shape index (κ3) is 3.93. The topological polar surface area (TPSA) is 66.9 Å². The number of rotatable bonds is 5. The van der Waals surface area contributed by atoms with Gasteiger partial charge in [0.25, 0.3) is 5.91 Å². The van der Waals surface area contributed by atoms with Crippen LogP contribution in [0.1, 0.15) is 28.8 Å². The quantitative estimate of drug-likeness (QED) is 0.662. The first kappa shape index (κ1) is 18.9. The van der Waals surface area contributed by atoms with Crippen LogP contribution >= 0.6 is 11.3 Å². The van der Waals surface area contributed by atoms with Crippen molar-refractivity contribution >= 4 is 32.6 Å². The summed E-state index contributed by atoms with van der Waals surface area (Å²) in [6, 6.07) is 12.4. The zero-order valence-corrected chi connectivity index (χ0v) is 18.0. The molecule has 0 unspecified atom stereocenters. The highest BCUT2D eigenvalue weighted by molar-refractivity contribution is 7.22.